The maximum absolute atomic E-state index is 5.16. The van der Waals surface area contributed by atoms with Crippen LogP contribution in [-0.4, -0.2) is 49.7 Å². The Morgan fingerprint density at radius 3 is 2.82 bits per heavy atom. The second-order valence-electron chi connectivity index (χ2n) is 6.92. The summed E-state index contributed by atoms with van der Waals surface area (Å²) in [5.74, 6) is 2.65. The minimum Gasteiger partial charge on any atom is -0.382 e. The van der Waals surface area contributed by atoms with Crippen molar-refractivity contribution in [3.63, 3.8) is 0 Å². The summed E-state index contributed by atoms with van der Waals surface area (Å²) < 4.78 is 6.91. The van der Waals surface area contributed by atoms with Crippen LogP contribution in [0, 0.1) is 5.92 Å². The molecule has 0 aromatic carbocycles. The van der Waals surface area contributed by atoms with E-state index < -0.39 is 0 Å². The number of methoxy groups -OCH3 is 1. The fourth-order valence-electron chi connectivity index (χ4n) is 3.02. The van der Waals surface area contributed by atoms with Crippen molar-refractivity contribution in [2.24, 2.45) is 5.92 Å². The van der Waals surface area contributed by atoms with E-state index in [-0.39, 0.29) is 27.0 Å². The SMILES string of the molecule is C.COCC(C)n1cc(Nc2nc(N[C@@H](C)C3CC3)c3cc[nH]c3n2)nn1.S. The Kier molecular flexibility index (Phi) is 7.25. The van der Waals surface area contributed by atoms with Crippen LogP contribution < -0.4 is 10.6 Å². The van der Waals surface area contributed by atoms with Crippen LogP contribution in [0.4, 0.5) is 17.6 Å². The smallest absolute Gasteiger partial charge is 0.232 e. The van der Waals surface area contributed by atoms with Gasteiger partial charge >= 0.3 is 0 Å². The van der Waals surface area contributed by atoms with Crippen molar-refractivity contribution in [2.75, 3.05) is 24.4 Å². The van der Waals surface area contributed by atoms with E-state index in [1.165, 1.54) is 12.8 Å². The van der Waals surface area contributed by atoms with Gasteiger partial charge in [-0.3, -0.25) is 0 Å². The van der Waals surface area contributed by atoms with Gasteiger partial charge in [0, 0.05) is 19.3 Å². The van der Waals surface area contributed by atoms with Crippen LogP contribution in [0.5, 0.6) is 0 Å². The summed E-state index contributed by atoms with van der Waals surface area (Å²) >= 11 is 0. The summed E-state index contributed by atoms with van der Waals surface area (Å²) in [6, 6.07) is 2.49. The number of aromatic amines is 1. The molecule has 1 unspecified atom stereocenters. The van der Waals surface area contributed by atoms with Crippen LogP contribution in [0.3, 0.4) is 0 Å². The Morgan fingerprint density at radius 2 is 2.11 bits per heavy atom. The maximum Gasteiger partial charge on any atom is 0.232 e. The van der Waals surface area contributed by atoms with Crippen molar-refractivity contribution in [2.45, 2.75) is 46.2 Å². The molecule has 0 spiro atoms. The Bertz CT molecular complexity index is 891. The predicted molar refractivity (Wildman–Crippen MR) is 117 cm³/mol. The molecule has 3 aromatic rings. The van der Waals surface area contributed by atoms with Crippen LogP contribution >= 0.6 is 13.5 Å². The molecule has 0 aliphatic heterocycles. The minimum atomic E-state index is 0. The van der Waals surface area contributed by atoms with Gasteiger partial charge in [-0.1, -0.05) is 12.6 Å². The standard InChI is InChI=1S/C17H24N8O.CH4.H2S/c1-10(9-26-3)25-8-14(23-24-25)20-17-21-15-13(6-7-18-15)16(22-17)19-11(2)12-4-5-12;;/h6-8,10-12H,4-5,9H2,1-3H3,(H3,18,19,20,21,22);1H4;1H2/t10?,11-;;/m0../s1. The molecule has 3 aromatic heterocycles. The van der Waals surface area contributed by atoms with E-state index in [0.717, 1.165) is 22.8 Å². The molecule has 9 nitrogen and oxygen atoms in total. The molecular formula is C18H30N8OS. The van der Waals surface area contributed by atoms with Crippen molar-refractivity contribution >= 4 is 42.1 Å². The molecule has 28 heavy (non-hydrogen) atoms. The zero-order chi connectivity index (χ0) is 18.1. The molecule has 1 fully saturated rings. The number of nitrogens with zero attached hydrogens (tertiary/aromatic N) is 5. The lowest BCUT2D eigenvalue weighted by atomic mass is 10.2. The number of anilines is 3. The average Bonchev–Trinajstić information content (AvgIpc) is 3.18. The quantitative estimate of drug-likeness (QED) is 0.526. The molecule has 1 saturated carbocycles. The lowest BCUT2D eigenvalue weighted by molar-refractivity contribution is 0.156. The second kappa shape index (κ2) is 9.24. The van der Waals surface area contributed by atoms with Gasteiger partial charge in [-0.15, -0.1) is 5.10 Å². The minimum absolute atomic E-state index is 0. The van der Waals surface area contributed by atoms with Gasteiger partial charge in [0.2, 0.25) is 5.95 Å². The molecule has 0 bridgehead atoms. The van der Waals surface area contributed by atoms with Gasteiger partial charge in [0.05, 0.1) is 24.2 Å². The normalized spacial score (nSPS) is 15.4. The number of hydrogen-bond donors (Lipinski definition) is 3. The molecule has 3 heterocycles. The first-order valence-electron chi connectivity index (χ1n) is 8.93. The molecule has 4 rings (SSSR count). The molecule has 0 radical (unpaired) electrons. The number of nitrogens with one attached hydrogen (secondary N) is 3. The van der Waals surface area contributed by atoms with Gasteiger partial charge in [0.1, 0.15) is 11.5 Å². The Balaban J connectivity index is 0.00000140. The van der Waals surface area contributed by atoms with Crippen LogP contribution in [0.2, 0.25) is 0 Å². The topological polar surface area (TPSA) is 106 Å². The van der Waals surface area contributed by atoms with E-state index in [1.54, 1.807) is 11.8 Å². The van der Waals surface area contributed by atoms with E-state index in [1.807, 2.05) is 25.4 Å². The monoisotopic (exact) mass is 406 g/mol. The summed E-state index contributed by atoms with van der Waals surface area (Å²) in [5.41, 5.74) is 0.785. The lowest BCUT2D eigenvalue weighted by Crippen LogP contribution is -2.18. The van der Waals surface area contributed by atoms with Gasteiger partial charge in [0.15, 0.2) is 5.82 Å². The summed E-state index contributed by atoms with van der Waals surface area (Å²) in [4.78, 5) is 12.3. The zero-order valence-electron chi connectivity index (χ0n) is 15.7. The van der Waals surface area contributed by atoms with Crippen molar-refractivity contribution in [3.8, 4) is 0 Å². The molecule has 0 saturated heterocycles. The first-order valence-corrected chi connectivity index (χ1v) is 8.93. The molecular weight excluding hydrogens is 376 g/mol. The summed E-state index contributed by atoms with van der Waals surface area (Å²) in [7, 11) is 1.67. The lowest BCUT2D eigenvalue weighted by Gasteiger charge is -2.15. The molecule has 1 aliphatic rings. The largest absolute Gasteiger partial charge is 0.382 e. The van der Waals surface area contributed by atoms with Crippen molar-refractivity contribution in [1.82, 2.24) is 29.9 Å². The van der Waals surface area contributed by atoms with Crippen LogP contribution in [0.1, 0.15) is 40.2 Å². The molecule has 10 heteroatoms. The highest BCUT2D eigenvalue weighted by Crippen LogP contribution is 2.34. The number of aromatic nitrogens is 6. The van der Waals surface area contributed by atoms with Crippen molar-refractivity contribution < 1.29 is 4.74 Å². The molecule has 1 aliphatic carbocycles. The number of H-pyrrole nitrogens is 1. The van der Waals surface area contributed by atoms with Crippen molar-refractivity contribution in [1.29, 1.82) is 0 Å². The molecule has 0 amide bonds. The molecule has 2 atom stereocenters. The third kappa shape index (κ3) is 4.74. The predicted octanol–water partition coefficient (Wildman–Crippen LogP) is 3.46. The highest BCUT2D eigenvalue weighted by molar-refractivity contribution is 7.59. The Hall–Kier alpha value is -2.33. The Labute approximate surface area is 172 Å². The number of fused-ring (bicyclic) bond motifs is 1. The Morgan fingerprint density at radius 1 is 1.32 bits per heavy atom. The average molecular weight is 407 g/mol. The molecule has 154 valence electrons. The van der Waals surface area contributed by atoms with Crippen LogP contribution in [0.25, 0.3) is 11.0 Å². The van der Waals surface area contributed by atoms with E-state index in [0.29, 0.717) is 24.4 Å². The van der Waals surface area contributed by atoms with E-state index in [9.17, 15) is 0 Å². The van der Waals surface area contributed by atoms with Crippen LogP contribution in [-0.2, 0) is 4.74 Å². The first kappa shape index (κ1) is 22.0. The summed E-state index contributed by atoms with van der Waals surface area (Å²) in [6.45, 7) is 4.79. The first-order chi connectivity index (χ1) is 12.6. The number of rotatable bonds is 8. The summed E-state index contributed by atoms with van der Waals surface area (Å²) in [6.07, 6.45) is 6.26. The van der Waals surface area contributed by atoms with Gasteiger partial charge in [-0.25, -0.2) is 4.68 Å². The van der Waals surface area contributed by atoms with Crippen molar-refractivity contribution in [3.05, 3.63) is 18.5 Å². The van der Waals surface area contributed by atoms with E-state index in [4.69, 9.17) is 4.74 Å². The second-order valence-corrected chi connectivity index (χ2v) is 6.92. The summed E-state index contributed by atoms with van der Waals surface area (Å²) in [5, 5.41) is 15.9. The number of hydrogen-bond acceptors (Lipinski definition) is 7. The highest BCUT2D eigenvalue weighted by atomic mass is 32.1. The molecule has 3 N–H and O–H groups in total. The van der Waals surface area contributed by atoms with Crippen LogP contribution in [0.15, 0.2) is 18.5 Å². The third-order valence-corrected chi connectivity index (χ3v) is 4.72. The fourth-order valence-corrected chi connectivity index (χ4v) is 3.02. The third-order valence-electron chi connectivity index (χ3n) is 4.72. The van der Waals surface area contributed by atoms with E-state index >= 15 is 0 Å². The van der Waals surface area contributed by atoms with E-state index in [2.05, 4.69) is 42.8 Å². The van der Waals surface area contributed by atoms with Gasteiger partial charge in [-0.2, -0.15) is 23.5 Å². The number of ether oxygens (including phenoxy) is 1. The fraction of sp³-hybridized carbons (Fsp3) is 0.556. The zero-order valence-corrected chi connectivity index (χ0v) is 16.7. The van der Waals surface area contributed by atoms with Gasteiger partial charge < -0.3 is 20.4 Å². The maximum atomic E-state index is 5.16. The highest BCUT2D eigenvalue weighted by Gasteiger charge is 2.28. The van der Waals surface area contributed by atoms with Gasteiger partial charge in [-0.05, 0) is 38.7 Å². The van der Waals surface area contributed by atoms with Gasteiger partial charge in [0.25, 0.3) is 0 Å².